The predicted octanol–water partition coefficient (Wildman–Crippen LogP) is 5.88. The van der Waals surface area contributed by atoms with Crippen molar-refractivity contribution in [3.63, 3.8) is 0 Å². The van der Waals surface area contributed by atoms with E-state index in [0.717, 1.165) is 40.8 Å². The van der Waals surface area contributed by atoms with Gasteiger partial charge in [-0.1, -0.05) is 39.0 Å². The van der Waals surface area contributed by atoms with E-state index in [1.807, 2.05) is 0 Å². The van der Waals surface area contributed by atoms with Crippen LogP contribution < -0.4 is 6.15 Å². The Hall–Kier alpha value is 0.370. The Kier molecular flexibility index (Phi) is 22.9. The first-order valence-corrected chi connectivity index (χ1v) is 9.91. The second kappa shape index (κ2) is 20.4. The van der Waals surface area contributed by atoms with Crippen molar-refractivity contribution < 1.29 is 4.79 Å². The molecule has 0 aliphatic rings. The largest absolute Gasteiger partial charge is 0.344 e. The average Bonchev–Trinajstić information content (AvgIpc) is 2.43. The van der Waals surface area contributed by atoms with E-state index in [4.69, 9.17) is 0 Å². The normalized spacial score (nSPS) is 10.8. The second-order valence-electron chi connectivity index (χ2n) is 6.04. The third-order valence-electron chi connectivity index (χ3n) is 3.79. The van der Waals surface area contributed by atoms with Gasteiger partial charge in [-0.2, -0.15) is 0 Å². The van der Waals surface area contributed by atoms with Gasteiger partial charge in [-0.05, 0) is 0 Å². The third-order valence-corrected chi connectivity index (χ3v) is 4.29. The molecule has 0 aromatic rings. The van der Waals surface area contributed by atoms with Gasteiger partial charge >= 0.3 is 106 Å². The monoisotopic (exact) mass is 305 g/mol. The first kappa shape index (κ1) is 23.6. The van der Waals surface area contributed by atoms with E-state index in [0.29, 0.717) is 3.03 Å². The third kappa shape index (κ3) is 22.8. The van der Waals surface area contributed by atoms with Crippen molar-refractivity contribution in [1.82, 2.24) is 6.15 Å². The van der Waals surface area contributed by atoms with Crippen LogP contribution in [0.2, 0.25) is 0 Å². The van der Waals surface area contributed by atoms with Crippen molar-refractivity contribution in [2.75, 3.05) is 0 Å². The zero-order valence-corrected chi connectivity index (χ0v) is 16.7. The summed E-state index contributed by atoms with van der Waals surface area (Å²) < 4.78 is 0.475. The number of unbranched alkanes of at least 4 members (excludes halogenated alkanes) is 11. The molecule has 2 nitrogen and oxygen atoms in total. The Morgan fingerprint density at radius 3 is 1.67 bits per heavy atom. The van der Waals surface area contributed by atoms with Crippen LogP contribution in [0, 0.1) is 0 Å². The molecule has 0 radical (unpaired) electrons. The van der Waals surface area contributed by atoms with Crippen LogP contribution in [0.25, 0.3) is 0 Å². The number of hydrogen-bond acceptors (Lipinski definition) is 2. The van der Waals surface area contributed by atoms with E-state index in [1.54, 1.807) is 0 Å². The fourth-order valence-electron chi connectivity index (χ4n) is 2.44. The van der Waals surface area contributed by atoms with Crippen molar-refractivity contribution in [3.05, 3.63) is 12.2 Å². The van der Waals surface area contributed by atoms with Crippen LogP contribution in [0.4, 0.5) is 0 Å². The molecule has 0 saturated heterocycles. The van der Waals surface area contributed by atoms with Crippen LogP contribution in [0.15, 0.2) is 12.2 Å². The smallest absolute Gasteiger partial charge is 0.344 e. The molecule has 120 valence electrons. The summed E-state index contributed by atoms with van der Waals surface area (Å²) in [6, 6.07) is 0. The molecule has 0 fully saturated rings. The quantitative estimate of drug-likeness (QED) is 0.233. The van der Waals surface area contributed by atoms with Crippen molar-refractivity contribution >= 4 is 31.0 Å². The van der Waals surface area contributed by atoms with Crippen LogP contribution in [0.5, 0.6) is 0 Å². The summed E-state index contributed by atoms with van der Waals surface area (Å²) in [5, 5.41) is 0. The first-order valence-electron chi connectivity index (χ1n) is 8.91. The second-order valence-corrected chi connectivity index (χ2v) is 7.15. The van der Waals surface area contributed by atoms with E-state index in [-0.39, 0.29) is 6.15 Å². The van der Waals surface area contributed by atoms with Gasteiger partial charge in [-0.3, -0.25) is 0 Å². The van der Waals surface area contributed by atoms with Gasteiger partial charge in [0.2, 0.25) is 0 Å². The van der Waals surface area contributed by atoms with Gasteiger partial charge in [0.05, 0.1) is 0 Å². The van der Waals surface area contributed by atoms with Crippen molar-refractivity contribution in [2.24, 2.45) is 0 Å². The minimum Gasteiger partial charge on any atom is -0.344 e. The summed E-state index contributed by atoms with van der Waals surface area (Å²) in [6.07, 6.45) is 22.8. The maximum Gasteiger partial charge on any atom is -0.344 e. The topological polar surface area (TPSA) is 52.1 Å². The zero-order valence-electron chi connectivity index (χ0n) is 14.7. The fraction of sp³-hybridized carbons (Fsp3) is 0.833. The maximum atomic E-state index is 10.8. The zero-order chi connectivity index (χ0) is 14.9. The number of carbonyl (C=O) groups excluding carboxylic acids is 1. The van der Waals surface area contributed by atoms with Crippen LogP contribution in [-0.4, -0.2) is 31.0 Å². The van der Waals surface area contributed by atoms with Crippen LogP contribution >= 0.6 is 0 Å². The van der Waals surface area contributed by atoms with Crippen molar-refractivity contribution in [1.29, 1.82) is 0 Å². The average molecular weight is 305 g/mol. The van der Waals surface area contributed by atoms with Crippen molar-refractivity contribution in [3.8, 4) is 0 Å². The molecule has 0 aliphatic carbocycles. The Balaban J connectivity index is 0. The maximum absolute atomic E-state index is 10.8. The number of rotatable bonds is 15. The van der Waals surface area contributed by atoms with Crippen LogP contribution in [0.3, 0.4) is 0 Å². The van der Waals surface area contributed by atoms with Gasteiger partial charge < -0.3 is 6.15 Å². The minimum absolute atomic E-state index is 0. The Morgan fingerprint density at radius 1 is 0.762 bits per heavy atom. The number of allylic oxidation sites excluding steroid dienone is 2. The predicted molar refractivity (Wildman–Crippen MR) is 95.2 cm³/mol. The summed E-state index contributed by atoms with van der Waals surface area (Å²) in [5.74, 6) is 0. The molecule has 3 N–H and O–H groups in total. The first-order chi connectivity index (χ1) is 9.77. The molecule has 0 bridgehead atoms. The molecular formula is C18H36NNaO. The van der Waals surface area contributed by atoms with Gasteiger partial charge in [-0.15, -0.1) is 0 Å². The van der Waals surface area contributed by atoms with E-state index >= 15 is 0 Å². The van der Waals surface area contributed by atoms with E-state index in [9.17, 15) is 4.79 Å². The minimum atomic E-state index is 0. The molecule has 0 heterocycles. The number of carbonyl (C=O) groups is 1. The summed E-state index contributed by atoms with van der Waals surface area (Å²) in [7, 11) is 0. The van der Waals surface area contributed by atoms with Crippen LogP contribution in [0.1, 0.15) is 96.8 Å². The number of hydrogen-bond donors (Lipinski definition) is 1. The van der Waals surface area contributed by atoms with Gasteiger partial charge in [0.25, 0.3) is 0 Å². The molecule has 0 spiro atoms. The van der Waals surface area contributed by atoms with Crippen LogP contribution in [-0.2, 0) is 4.79 Å². The molecular weight excluding hydrogens is 269 g/mol. The van der Waals surface area contributed by atoms with E-state index in [2.05, 4.69) is 19.1 Å². The molecule has 0 aliphatic heterocycles. The van der Waals surface area contributed by atoms with Crippen molar-refractivity contribution in [2.45, 2.75) is 96.8 Å². The Morgan fingerprint density at radius 2 is 1.19 bits per heavy atom. The van der Waals surface area contributed by atoms with Gasteiger partial charge in [0.1, 0.15) is 0 Å². The molecule has 3 heteroatoms. The molecule has 21 heavy (non-hydrogen) atoms. The molecule has 0 amide bonds. The molecule has 0 aromatic heterocycles. The molecule has 0 aromatic carbocycles. The summed E-state index contributed by atoms with van der Waals surface area (Å²) in [4.78, 5) is 10.8. The summed E-state index contributed by atoms with van der Waals surface area (Å²) in [6.45, 7) is 2.27. The summed E-state index contributed by atoms with van der Waals surface area (Å²) >= 11 is 0.742. The van der Waals surface area contributed by atoms with E-state index < -0.39 is 0 Å². The standard InChI is InChI=1S/C18H33O.H3N.Na/c1-2-3-4-5-6-7-8-9-10-11-12-13-14-15-16-17-18-19;;/h9-10H,2-8,11-17H2,1H3;1H3;/b10-9-;;. The Bertz CT molecular complexity index is 241. The molecule has 0 rings (SSSR count). The fourth-order valence-corrected chi connectivity index (χ4v) is 2.80. The molecule has 0 atom stereocenters. The SMILES string of the molecule is CCCCCCCC/C=C\CCCCCCC[C](=O)[Na].N. The van der Waals surface area contributed by atoms with E-state index in [1.165, 1.54) is 77.0 Å². The van der Waals surface area contributed by atoms with Gasteiger partial charge in [-0.25, -0.2) is 0 Å². The molecule has 0 saturated carbocycles. The van der Waals surface area contributed by atoms with Gasteiger partial charge in [0.15, 0.2) is 0 Å². The summed E-state index contributed by atoms with van der Waals surface area (Å²) in [5.41, 5.74) is 0. The van der Waals surface area contributed by atoms with Gasteiger partial charge in [0, 0.05) is 0 Å². The molecule has 0 unspecified atom stereocenters. The Labute approximate surface area is 150 Å².